The first-order valence-corrected chi connectivity index (χ1v) is 10.5. The van der Waals surface area contributed by atoms with Crippen LogP contribution in [0.1, 0.15) is 32.0 Å². The summed E-state index contributed by atoms with van der Waals surface area (Å²) in [5.41, 5.74) is 2.65. The molecule has 3 aromatic rings. The fourth-order valence-corrected chi connectivity index (χ4v) is 3.86. The van der Waals surface area contributed by atoms with Gasteiger partial charge in [-0.15, -0.1) is 10.2 Å². The Kier molecular flexibility index (Phi) is 5.79. The molecule has 0 spiro atoms. The third kappa shape index (κ3) is 4.42. The molecule has 29 heavy (non-hydrogen) atoms. The van der Waals surface area contributed by atoms with Crippen LogP contribution < -0.4 is 10.2 Å². The molecule has 0 aliphatic carbocycles. The summed E-state index contributed by atoms with van der Waals surface area (Å²) in [4.78, 5) is 18.6. The summed E-state index contributed by atoms with van der Waals surface area (Å²) in [7, 11) is 0. The predicted molar refractivity (Wildman–Crippen MR) is 107 cm³/mol. The van der Waals surface area contributed by atoms with Gasteiger partial charge in [0.1, 0.15) is 11.3 Å². The maximum atomic E-state index is 14.8. The highest BCUT2D eigenvalue weighted by Gasteiger charge is 2.27. The summed E-state index contributed by atoms with van der Waals surface area (Å²) in [5.74, 6) is 0.436. The van der Waals surface area contributed by atoms with Crippen molar-refractivity contribution in [1.82, 2.24) is 20.3 Å². The van der Waals surface area contributed by atoms with Crippen molar-refractivity contribution in [2.24, 2.45) is 5.92 Å². The molecular weight excluding hydrogens is 395 g/mol. The second-order valence-electron chi connectivity index (χ2n) is 6.93. The number of carbonyl (C=O) groups is 1. The lowest BCUT2D eigenvalue weighted by Gasteiger charge is -2.33. The number of aryl methyl sites for hydroxylation is 1. The van der Waals surface area contributed by atoms with Gasteiger partial charge in [-0.25, -0.2) is 4.39 Å². The van der Waals surface area contributed by atoms with Crippen LogP contribution in [0.3, 0.4) is 0 Å². The second kappa shape index (κ2) is 8.64. The highest BCUT2D eigenvalue weighted by Crippen LogP contribution is 2.29. The van der Waals surface area contributed by atoms with Gasteiger partial charge >= 0.3 is 0 Å². The molecule has 0 saturated carbocycles. The molecule has 0 radical (unpaired) electrons. The number of anilines is 2. The number of hydrogen-bond acceptors (Lipinski definition) is 8. The Morgan fingerprint density at radius 3 is 2.90 bits per heavy atom. The smallest absolute Gasteiger partial charge is 0.258 e. The number of rotatable bonds is 6. The molecule has 0 bridgehead atoms. The van der Waals surface area contributed by atoms with Gasteiger partial charge in [0.2, 0.25) is 11.0 Å². The van der Waals surface area contributed by atoms with E-state index in [1.165, 1.54) is 17.4 Å². The van der Waals surface area contributed by atoms with E-state index in [1.807, 2.05) is 11.8 Å². The predicted octanol–water partition coefficient (Wildman–Crippen LogP) is 3.53. The van der Waals surface area contributed by atoms with Crippen LogP contribution in [0.4, 0.5) is 15.2 Å². The minimum atomic E-state index is -0.338. The number of aromatic nitrogens is 4. The molecule has 1 saturated heterocycles. The number of nitrogens with one attached hydrogen (secondary N) is 1. The summed E-state index contributed by atoms with van der Waals surface area (Å²) >= 11 is 1.29. The van der Waals surface area contributed by atoms with Gasteiger partial charge in [-0.3, -0.25) is 4.79 Å². The summed E-state index contributed by atoms with van der Waals surface area (Å²) in [6.07, 6.45) is 2.94. The monoisotopic (exact) mass is 416 g/mol. The molecule has 0 unspecified atom stereocenters. The average Bonchev–Trinajstić information content (AvgIpc) is 3.41. The van der Waals surface area contributed by atoms with Crippen molar-refractivity contribution < 1.29 is 13.7 Å². The van der Waals surface area contributed by atoms with E-state index >= 15 is 0 Å². The Morgan fingerprint density at radius 2 is 2.21 bits per heavy atom. The fourth-order valence-electron chi connectivity index (χ4n) is 3.41. The van der Waals surface area contributed by atoms with Gasteiger partial charge in [-0.1, -0.05) is 23.4 Å². The molecule has 1 amide bonds. The summed E-state index contributed by atoms with van der Waals surface area (Å²) in [5, 5.41) is 14.7. The summed E-state index contributed by atoms with van der Waals surface area (Å²) < 4.78 is 20.0. The van der Waals surface area contributed by atoms with Gasteiger partial charge < -0.3 is 14.7 Å². The minimum absolute atomic E-state index is 0.0588. The number of nitrogens with zero attached hydrogens (tertiary/aromatic N) is 5. The van der Waals surface area contributed by atoms with E-state index in [0.717, 1.165) is 12.8 Å². The van der Waals surface area contributed by atoms with Crippen LogP contribution in [-0.2, 0) is 11.2 Å². The maximum Gasteiger partial charge on any atom is 0.258 e. The Balaban J connectivity index is 1.38. The zero-order chi connectivity index (χ0) is 20.2. The first-order chi connectivity index (χ1) is 14.1. The molecule has 0 atom stereocenters. The van der Waals surface area contributed by atoms with Crippen LogP contribution in [0, 0.1) is 11.7 Å². The highest BCUT2D eigenvalue weighted by molar-refractivity contribution is 7.13. The number of piperidine rings is 1. The molecule has 4 rings (SSSR count). The van der Waals surface area contributed by atoms with Crippen molar-refractivity contribution in [3.05, 3.63) is 35.4 Å². The van der Waals surface area contributed by atoms with Crippen LogP contribution in [0.15, 0.2) is 28.2 Å². The SMILES string of the molecule is CCCc1noc(-c2ccc(N3CCC(C(=O)Nc4nncs4)CC3)c(F)c2)n1. The van der Waals surface area contributed by atoms with E-state index in [1.54, 1.807) is 17.6 Å². The lowest BCUT2D eigenvalue weighted by Crippen LogP contribution is -2.38. The van der Waals surface area contributed by atoms with Crippen molar-refractivity contribution in [2.75, 3.05) is 23.3 Å². The maximum absolute atomic E-state index is 14.8. The second-order valence-corrected chi connectivity index (χ2v) is 7.76. The van der Waals surface area contributed by atoms with E-state index in [-0.39, 0.29) is 17.6 Å². The number of hydrogen-bond donors (Lipinski definition) is 1. The van der Waals surface area contributed by atoms with Crippen LogP contribution in [-0.4, -0.2) is 39.3 Å². The average molecular weight is 416 g/mol. The lowest BCUT2D eigenvalue weighted by molar-refractivity contribution is -0.120. The first-order valence-electron chi connectivity index (χ1n) is 9.58. The van der Waals surface area contributed by atoms with E-state index in [0.29, 0.717) is 54.0 Å². The van der Waals surface area contributed by atoms with Crippen molar-refractivity contribution in [3.63, 3.8) is 0 Å². The van der Waals surface area contributed by atoms with Gasteiger partial charge in [-0.05, 0) is 37.5 Å². The van der Waals surface area contributed by atoms with Gasteiger partial charge in [0.05, 0.1) is 5.69 Å². The molecule has 1 aliphatic rings. The molecule has 1 aliphatic heterocycles. The summed E-state index contributed by atoms with van der Waals surface area (Å²) in [6, 6.07) is 4.94. The van der Waals surface area contributed by atoms with Gasteiger partial charge in [0.25, 0.3) is 5.89 Å². The minimum Gasteiger partial charge on any atom is -0.369 e. The molecule has 3 heterocycles. The normalized spacial score (nSPS) is 14.9. The molecule has 1 fully saturated rings. The van der Waals surface area contributed by atoms with Crippen LogP contribution >= 0.6 is 11.3 Å². The lowest BCUT2D eigenvalue weighted by atomic mass is 9.95. The van der Waals surface area contributed by atoms with Gasteiger partial charge in [0, 0.05) is 31.0 Å². The molecule has 152 valence electrons. The zero-order valence-corrected chi connectivity index (χ0v) is 16.8. The van der Waals surface area contributed by atoms with Crippen molar-refractivity contribution in [2.45, 2.75) is 32.6 Å². The third-order valence-electron chi connectivity index (χ3n) is 4.93. The highest BCUT2D eigenvalue weighted by atomic mass is 32.1. The van der Waals surface area contributed by atoms with Gasteiger partial charge in [-0.2, -0.15) is 4.98 Å². The van der Waals surface area contributed by atoms with E-state index in [9.17, 15) is 9.18 Å². The van der Waals surface area contributed by atoms with Crippen LogP contribution in [0.5, 0.6) is 0 Å². The fraction of sp³-hybridized carbons (Fsp3) is 0.421. The zero-order valence-electron chi connectivity index (χ0n) is 16.0. The topological polar surface area (TPSA) is 97.0 Å². The molecule has 2 aromatic heterocycles. The van der Waals surface area contributed by atoms with Crippen LogP contribution in [0.25, 0.3) is 11.5 Å². The Bertz CT molecular complexity index is 969. The van der Waals surface area contributed by atoms with Crippen molar-refractivity contribution in [1.29, 1.82) is 0 Å². The molecule has 8 nitrogen and oxygen atoms in total. The molecule has 1 aromatic carbocycles. The number of carbonyl (C=O) groups excluding carboxylic acids is 1. The summed E-state index contributed by atoms with van der Waals surface area (Å²) in [6.45, 7) is 3.24. The van der Waals surface area contributed by atoms with E-state index < -0.39 is 0 Å². The Labute approximate surface area is 171 Å². The number of benzene rings is 1. The number of amides is 1. The standard InChI is InChI=1S/C19H21FN6O2S/c1-2-3-16-22-18(28-25-16)13-4-5-15(14(20)10-13)26-8-6-12(7-9-26)17(27)23-19-24-21-11-29-19/h4-5,10-12H,2-3,6-9H2,1H3,(H,23,24,27). The van der Waals surface area contributed by atoms with Crippen LogP contribution in [0.2, 0.25) is 0 Å². The third-order valence-corrected chi connectivity index (χ3v) is 5.54. The van der Waals surface area contributed by atoms with E-state index in [4.69, 9.17) is 4.52 Å². The Morgan fingerprint density at radius 1 is 1.38 bits per heavy atom. The molecular formula is C19H21FN6O2S. The quantitative estimate of drug-likeness (QED) is 0.656. The number of halogens is 1. The largest absolute Gasteiger partial charge is 0.369 e. The van der Waals surface area contributed by atoms with Crippen molar-refractivity contribution in [3.8, 4) is 11.5 Å². The van der Waals surface area contributed by atoms with Gasteiger partial charge in [0.15, 0.2) is 5.82 Å². The van der Waals surface area contributed by atoms with E-state index in [2.05, 4.69) is 25.7 Å². The van der Waals surface area contributed by atoms with Crippen molar-refractivity contribution >= 4 is 28.1 Å². The Hall–Kier alpha value is -2.88. The first kappa shape index (κ1) is 19.4. The molecule has 1 N–H and O–H groups in total. The molecule has 10 heteroatoms.